The monoisotopic (exact) mass is 264 g/mol. The second-order valence-electron chi connectivity index (χ2n) is 4.39. The van der Waals surface area contributed by atoms with Gasteiger partial charge in [-0.15, -0.1) is 0 Å². The lowest BCUT2D eigenvalue weighted by atomic mass is 10.1. The van der Waals surface area contributed by atoms with E-state index in [9.17, 15) is 18.7 Å². The molecule has 8 nitrogen and oxygen atoms in total. The number of hydrogen-bond acceptors (Lipinski definition) is 6. The predicted octanol–water partition coefficient (Wildman–Crippen LogP) is -2.25. The molecule has 0 bridgehead atoms. The van der Waals surface area contributed by atoms with Crippen LogP contribution in [-0.4, -0.2) is 63.7 Å². The van der Waals surface area contributed by atoms with Gasteiger partial charge in [0.2, 0.25) is 6.23 Å². The maximum absolute atomic E-state index is 13.9. The molecular formula is C8H10F2N4O4. The SMILES string of the molecule is NC1=NCN([C@@H]2O[C@@H]3C(O)[C@]3(O)C2(F)F)C(=O)N1. The van der Waals surface area contributed by atoms with Crippen LogP contribution in [0.4, 0.5) is 13.6 Å². The maximum Gasteiger partial charge on any atom is 0.327 e. The molecule has 1 unspecified atom stereocenters. The number of nitrogens with one attached hydrogen (secondary N) is 1. The van der Waals surface area contributed by atoms with Crippen molar-refractivity contribution in [2.24, 2.45) is 10.7 Å². The fraction of sp³-hybridized carbons (Fsp3) is 0.750. The van der Waals surface area contributed by atoms with Gasteiger partial charge in [0, 0.05) is 0 Å². The maximum atomic E-state index is 13.9. The summed E-state index contributed by atoms with van der Waals surface area (Å²) in [6, 6.07) is -0.897. The lowest BCUT2D eigenvalue weighted by Gasteiger charge is -2.35. The molecule has 1 aliphatic carbocycles. The van der Waals surface area contributed by atoms with Crippen molar-refractivity contribution in [1.82, 2.24) is 10.2 Å². The van der Waals surface area contributed by atoms with Gasteiger partial charge >= 0.3 is 12.0 Å². The zero-order chi connectivity index (χ0) is 13.3. The molecule has 5 N–H and O–H groups in total. The highest BCUT2D eigenvalue weighted by Gasteiger charge is 2.87. The standard InChI is InChI=1S/C8H10F2N4O4/c9-8(10)4(18-3-2(15)7(3,8)17)14-1-12-5(11)13-6(14)16/h2-4,15,17H,1H2,(H3,11,12,13,16)/t2?,3-,4-,7-/m1/s1. The summed E-state index contributed by atoms with van der Waals surface area (Å²) in [6.07, 6.45) is -5.02. The first-order valence-corrected chi connectivity index (χ1v) is 5.11. The molecular weight excluding hydrogens is 254 g/mol. The van der Waals surface area contributed by atoms with Gasteiger partial charge in [-0.3, -0.25) is 10.2 Å². The third-order valence-electron chi connectivity index (χ3n) is 3.35. The van der Waals surface area contributed by atoms with E-state index in [0.29, 0.717) is 4.90 Å². The highest BCUT2D eigenvalue weighted by Crippen LogP contribution is 2.59. The number of nitrogens with two attached hydrogens (primary N) is 1. The quantitative estimate of drug-likeness (QED) is 0.426. The number of carbonyl (C=O) groups is 1. The number of hydrogen-bond donors (Lipinski definition) is 4. The normalized spacial score (nSPS) is 45.3. The van der Waals surface area contributed by atoms with Crippen LogP contribution in [0.2, 0.25) is 0 Å². The van der Waals surface area contributed by atoms with Gasteiger partial charge in [0.15, 0.2) is 11.6 Å². The van der Waals surface area contributed by atoms with Crippen LogP contribution < -0.4 is 11.1 Å². The van der Waals surface area contributed by atoms with E-state index in [-0.39, 0.29) is 5.96 Å². The van der Waals surface area contributed by atoms with E-state index in [1.54, 1.807) is 0 Å². The van der Waals surface area contributed by atoms with Crippen molar-refractivity contribution < 1.29 is 28.5 Å². The first-order chi connectivity index (χ1) is 8.30. The van der Waals surface area contributed by atoms with Crippen molar-refractivity contribution in [3.05, 3.63) is 0 Å². The summed E-state index contributed by atoms with van der Waals surface area (Å²) in [5.41, 5.74) is 2.58. The Morgan fingerprint density at radius 1 is 1.61 bits per heavy atom. The number of fused-ring (bicyclic) bond motifs is 1. The minimum Gasteiger partial charge on any atom is -0.387 e. The largest absolute Gasteiger partial charge is 0.387 e. The molecule has 2 fully saturated rings. The minimum atomic E-state index is -3.78. The van der Waals surface area contributed by atoms with E-state index >= 15 is 0 Å². The Bertz CT molecular complexity index is 458. The Labute approximate surface area is 99.0 Å². The van der Waals surface area contributed by atoms with Crippen LogP contribution in [0.25, 0.3) is 0 Å². The number of carbonyl (C=O) groups excluding carboxylic acids is 1. The van der Waals surface area contributed by atoms with E-state index in [4.69, 9.17) is 15.6 Å². The number of nitrogens with zero attached hydrogens (tertiary/aromatic N) is 2. The first-order valence-electron chi connectivity index (χ1n) is 5.11. The van der Waals surface area contributed by atoms with Crippen LogP contribution in [0, 0.1) is 0 Å². The molecule has 18 heavy (non-hydrogen) atoms. The molecule has 4 atom stereocenters. The summed E-state index contributed by atoms with van der Waals surface area (Å²) >= 11 is 0. The highest BCUT2D eigenvalue weighted by molar-refractivity contribution is 5.97. The van der Waals surface area contributed by atoms with Crippen LogP contribution >= 0.6 is 0 Å². The van der Waals surface area contributed by atoms with Gasteiger partial charge in [0.05, 0.1) is 0 Å². The van der Waals surface area contributed by atoms with E-state index in [2.05, 4.69) is 10.3 Å². The van der Waals surface area contributed by atoms with Gasteiger partial charge in [-0.25, -0.2) is 9.79 Å². The van der Waals surface area contributed by atoms with Crippen molar-refractivity contribution in [1.29, 1.82) is 0 Å². The van der Waals surface area contributed by atoms with Crippen molar-refractivity contribution in [3.8, 4) is 0 Å². The second kappa shape index (κ2) is 3.08. The number of rotatable bonds is 1. The molecule has 0 aromatic carbocycles. The Hall–Kier alpha value is -1.52. The number of amides is 2. The molecule has 2 aliphatic heterocycles. The lowest BCUT2D eigenvalue weighted by molar-refractivity contribution is -0.205. The second-order valence-corrected chi connectivity index (χ2v) is 4.39. The van der Waals surface area contributed by atoms with E-state index in [1.807, 2.05) is 0 Å². The molecule has 1 saturated carbocycles. The van der Waals surface area contributed by atoms with E-state index in [1.165, 1.54) is 0 Å². The third kappa shape index (κ3) is 1.12. The fourth-order valence-electron chi connectivity index (χ4n) is 2.20. The molecule has 3 aliphatic rings. The molecule has 1 saturated heterocycles. The van der Waals surface area contributed by atoms with Gasteiger partial charge in [-0.2, -0.15) is 8.78 Å². The molecule has 0 radical (unpaired) electrons. The van der Waals surface area contributed by atoms with Crippen LogP contribution in [-0.2, 0) is 4.74 Å². The summed E-state index contributed by atoms with van der Waals surface area (Å²) in [4.78, 5) is 15.7. The van der Waals surface area contributed by atoms with Crippen molar-refractivity contribution in [2.45, 2.75) is 30.0 Å². The summed E-state index contributed by atoms with van der Waals surface area (Å²) in [7, 11) is 0. The average molecular weight is 264 g/mol. The number of ether oxygens (including phenoxy) is 1. The predicted molar refractivity (Wildman–Crippen MR) is 51.4 cm³/mol. The van der Waals surface area contributed by atoms with E-state index in [0.717, 1.165) is 0 Å². The number of halogens is 2. The van der Waals surface area contributed by atoms with Crippen molar-refractivity contribution in [3.63, 3.8) is 0 Å². The Kier molecular flexibility index (Phi) is 1.98. The highest BCUT2D eigenvalue weighted by atomic mass is 19.3. The number of guanidine groups is 1. The Morgan fingerprint density at radius 2 is 2.28 bits per heavy atom. The smallest absolute Gasteiger partial charge is 0.327 e. The number of urea groups is 1. The zero-order valence-electron chi connectivity index (χ0n) is 8.88. The minimum absolute atomic E-state index is 0.179. The van der Waals surface area contributed by atoms with Crippen LogP contribution in [0.5, 0.6) is 0 Å². The number of aliphatic hydroxyl groups is 2. The van der Waals surface area contributed by atoms with Crippen LogP contribution in [0.1, 0.15) is 0 Å². The van der Waals surface area contributed by atoms with Gasteiger partial charge in [0.1, 0.15) is 18.9 Å². The number of alkyl halides is 2. The summed E-state index contributed by atoms with van der Waals surface area (Å²) in [5, 5.41) is 20.8. The van der Waals surface area contributed by atoms with E-state index < -0.39 is 42.7 Å². The topological polar surface area (TPSA) is 120 Å². The molecule has 3 rings (SSSR count). The summed E-state index contributed by atoms with van der Waals surface area (Å²) in [6.45, 7) is -0.406. The lowest BCUT2D eigenvalue weighted by Crippen LogP contribution is -2.61. The summed E-state index contributed by atoms with van der Waals surface area (Å²) < 4.78 is 32.6. The molecule has 0 aromatic heterocycles. The van der Waals surface area contributed by atoms with Crippen LogP contribution in [0.15, 0.2) is 4.99 Å². The number of aliphatic hydroxyl groups excluding tert-OH is 1. The average Bonchev–Trinajstić information content (AvgIpc) is 2.72. The molecule has 0 aromatic rings. The van der Waals surface area contributed by atoms with Crippen molar-refractivity contribution >= 4 is 12.0 Å². The molecule has 0 spiro atoms. The first kappa shape index (κ1) is 11.6. The van der Waals surface area contributed by atoms with Crippen LogP contribution in [0.3, 0.4) is 0 Å². The molecule has 100 valence electrons. The molecule has 10 heteroatoms. The van der Waals surface area contributed by atoms with Gasteiger partial charge in [-0.1, -0.05) is 0 Å². The van der Waals surface area contributed by atoms with Gasteiger partial charge in [-0.05, 0) is 0 Å². The number of aliphatic imine (C=N–C) groups is 1. The van der Waals surface area contributed by atoms with Gasteiger partial charge < -0.3 is 20.7 Å². The zero-order valence-corrected chi connectivity index (χ0v) is 8.88. The summed E-state index contributed by atoms with van der Waals surface area (Å²) in [5.74, 6) is -3.96. The van der Waals surface area contributed by atoms with Crippen molar-refractivity contribution in [2.75, 3.05) is 6.67 Å². The third-order valence-corrected chi connectivity index (χ3v) is 3.35. The Balaban J connectivity index is 1.86. The van der Waals surface area contributed by atoms with Gasteiger partial charge in [0.25, 0.3) is 0 Å². The Morgan fingerprint density at radius 3 is 2.78 bits per heavy atom. The molecule has 2 heterocycles. The molecule has 2 amide bonds. The fourth-order valence-corrected chi connectivity index (χ4v) is 2.20.